The summed E-state index contributed by atoms with van der Waals surface area (Å²) in [7, 11) is 0. The Bertz CT molecular complexity index is 612. The van der Waals surface area contributed by atoms with Gasteiger partial charge in [0.1, 0.15) is 0 Å². The lowest BCUT2D eigenvalue weighted by atomic mass is 9.86. The maximum atomic E-state index is 12.9. The molecule has 1 heterocycles. The third kappa shape index (κ3) is 4.87. The van der Waals surface area contributed by atoms with Crippen LogP contribution in [0.5, 0.6) is 0 Å². The van der Waals surface area contributed by atoms with Crippen LogP contribution in [-0.4, -0.2) is 35.0 Å². The highest BCUT2D eigenvalue weighted by Gasteiger charge is 2.28. The number of carboxylic acids is 1. The highest BCUT2D eigenvalue weighted by Crippen LogP contribution is 2.28. The van der Waals surface area contributed by atoms with E-state index in [1.54, 1.807) is 12.1 Å². The molecule has 0 bridgehead atoms. The van der Waals surface area contributed by atoms with Crippen molar-refractivity contribution in [3.05, 3.63) is 35.4 Å². The van der Waals surface area contributed by atoms with Crippen LogP contribution in [0.2, 0.25) is 0 Å². The topological polar surface area (TPSA) is 57.6 Å². The SMILES string of the molecule is O=C(O)c1ccccc1CC1CCN(C(=O)C2CCCCCCC2)CC1. The van der Waals surface area contributed by atoms with Gasteiger partial charge in [0.15, 0.2) is 0 Å². The highest BCUT2D eigenvalue weighted by atomic mass is 16.4. The summed E-state index contributed by atoms with van der Waals surface area (Å²) in [5.41, 5.74) is 1.34. The minimum absolute atomic E-state index is 0.236. The second-order valence-corrected chi connectivity index (χ2v) is 7.98. The van der Waals surface area contributed by atoms with Gasteiger partial charge in [-0.25, -0.2) is 4.79 Å². The van der Waals surface area contributed by atoms with Gasteiger partial charge in [-0.1, -0.05) is 50.3 Å². The molecule has 4 heteroatoms. The Labute approximate surface area is 156 Å². The summed E-state index contributed by atoms with van der Waals surface area (Å²) in [6.07, 6.45) is 11.1. The molecule has 0 atom stereocenters. The van der Waals surface area contributed by atoms with E-state index in [-0.39, 0.29) is 5.92 Å². The lowest BCUT2D eigenvalue weighted by molar-refractivity contribution is -0.137. The fourth-order valence-corrected chi connectivity index (χ4v) is 4.54. The maximum absolute atomic E-state index is 12.9. The molecule has 26 heavy (non-hydrogen) atoms. The Morgan fingerprint density at radius 3 is 2.19 bits per heavy atom. The van der Waals surface area contributed by atoms with Gasteiger partial charge >= 0.3 is 5.97 Å². The Hall–Kier alpha value is -1.84. The van der Waals surface area contributed by atoms with Gasteiger partial charge in [0.05, 0.1) is 5.56 Å². The number of carbonyl (C=O) groups is 2. The molecule has 1 aromatic carbocycles. The Morgan fingerprint density at radius 2 is 1.54 bits per heavy atom. The zero-order chi connectivity index (χ0) is 18.4. The van der Waals surface area contributed by atoms with Crippen LogP contribution in [0.15, 0.2) is 24.3 Å². The predicted molar refractivity (Wildman–Crippen MR) is 102 cm³/mol. The smallest absolute Gasteiger partial charge is 0.335 e. The molecule has 0 spiro atoms. The van der Waals surface area contributed by atoms with Gasteiger partial charge in [-0.3, -0.25) is 4.79 Å². The van der Waals surface area contributed by atoms with Crippen LogP contribution < -0.4 is 0 Å². The van der Waals surface area contributed by atoms with E-state index in [0.717, 1.165) is 50.8 Å². The van der Waals surface area contributed by atoms with Gasteiger partial charge < -0.3 is 10.0 Å². The monoisotopic (exact) mass is 357 g/mol. The number of hydrogen-bond acceptors (Lipinski definition) is 2. The number of hydrogen-bond donors (Lipinski definition) is 1. The summed E-state index contributed by atoms with van der Waals surface area (Å²) in [5.74, 6) is 0.227. The average Bonchev–Trinajstić information content (AvgIpc) is 2.62. The Kier molecular flexibility index (Phi) is 6.70. The first-order chi connectivity index (χ1) is 12.6. The number of piperidine rings is 1. The standard InChI is InChI=1S/C22H31NO3/c24-21(18-8-4-2-1-3-5-9-18)23-14-12-17(13-15-23)16-19-10-6-7-11-20(19)22(25)26/h6-7,10-11,17-18H,1-5,8-9,12-16H2,(H,25,26). The van der Waals surface area contributed by atoms with Crippen molar-refractivity contribution >= 4 is 11.9 Å². The molecule has 1 amide bonds. The van der Waals surface area contributed by atoms with Gasteiger partial charge in [0.25, 0.3) is 0 Å². The van der Waals surface area contributed by atoms with Crippen molar-refractivity contribution < 1.29 is 14.7 Å². The first-order valence-corrected chi connectivity index (χ1v) is 10.2. The van der Waals surface area contributed by atoms with Crippen LogP contribution in [0.1, 0.15) is 73.7 Å². The minimum atomic E-state index is -0.850. The highest BCUT2D eigenvalue weighted by molar-refractivity contribution is 5.89. The number of rotatable bonds is 4. The van der Waals surface area contributed by atoms with Gasteiger partial charge in [0, 0.05) is 19.0 Å². The molecule has 0 radical (unpaired) electrons. The van der Waals surface area contributed by atoms with E-state index < -0.39 is 5.97 Å². The summed E-state index contributed by atoms with van der Waals surface area (Å²) in [6, 6.07) is 7.30. The molecule has 0 aromatic heterocycles. The zero-order valence-electron chi connectivity index (χ0n) is 15.7. The first-order valence-electron chi connectivity index (χ1n) is 10.2. The molecule has 1 aromatic rings. The second kappa shape index (κ2) is 9.20. The second-order valence-electron chi connectivity index (χ2n) is 7.98. The van der Waals surface area contributed by atoms with Crippen LogP contribution >= 0.6 is 0 Å². The van der Waals surface area contributed by atoms with Gasteiger partial charge in [0.2, 0.25) is 5.91 Å². The van der Waals surface area contributed by atoms with E-state index in [9.17, 15) is 14.7 Å². The zero-order valence-corrected chi connectivity index (χ0v) is 15.7. The van der Waals surface area contributed by atoms with Gasteiger partial charge in [-0.15, -0.1) is 0 Å². The first kappa shape index (κ1) is 18.9. The van der Waals surface area contributed by atoms with Crippen molar-refractivity contribution in [3.63, 3.8) is 0 Å². The largest absolute Gasteiger partial charge is 0.478 e. The molecule has 142 valence electrons. The number of amides is 1. The molecule has 1 aliphatic carbocycles. The molecule has 0 unspecified atom stereocenters. The van der Waals surface area contributed by atoms with E-state index >= 15 is 0 Å². The average molecular weight is 357 g/mol. The van der Waals surface area contributed by atoms with Crippen molar-refractivity contribution in [2.45, 2.75) is 64.2 Å². The summed E-state index contributed by atoms with van der Waals surface area (Å²) >= 11 is 0. The van der Waals surface area contributed by atoms with Gasteiger partial charge in [-0.2, -0.15) is 0 Å². The maximum Gasteiger partial charge on any atom is 0.335 e. The number of carbonyl (C=O) groups excluding carboxylic acids is 1. The lowest BCUT2D eigenvalue weighted by Gasteiger charge is -2.35. The summed E-state index contributed by atoms with van der Waals surface area (Å²) in [6.45, 7) is 1.66. The molecule has 4 nitrogen and oxygen atoms in total. The van der Waals surface area contributed by atoms with E-state index in [0.29, 0.717) is 17.4 Å². The summed E-state index contributed by atoms with van der Waals surface area (Å²) in [4.78, 5) is 26.3. The lowest BCUT2D eigenvalue weighted by Crippen LogP contribution is -2.42. The van der Waals surface area contributed by atoms with E-state index in [2.05, 4.69) is 4.90 Å². The number of carboxylic acid groups (broad SMARTS) is 1. The molecule has 1 saturated heterocycles. The fraction of sp³-hybridized carbons (Fsp3) is 0.636. The molecular weight excluding hydrogens is 326 g/mol. The van der Waals surface area contributed by atoms with Crippen molar-refractivity contribution in [1.82, 2.24) is 4.90 Å². The van der Waals surface area contributed by atoms with Crippen molar-refractivity contribution in [3.8, 4) is 0 Å². The van der Waals surface area contributed by atoms with Crippen LogP contribution in [-0.2, 0) is 11.2 Å². The van der Waals surface area contributed by atoms with Gasteiger partial charge in [-0.05, 0) is 49.7 Å². The molecule has 2 aliphatic rings. The quantitative estimate of drug-likeness (QED) is 0.861. The van der Waals surface area contributed by atoms with E-state index in [1.165, 1.54) is 32.1 Å². The molecule has 3 rings (SSSR count). The number of likely N-dealkylation sites (tertiary alicyclic amines) is 1. The van der Waals surface area contributed by atoms with Crippen LogP contribution in [0.25, 0.3) is 0 Å². The summed E-state index contributed by atoms with van der Waals surface area (Å²) < 4.78 is 0. The van der Waals surface area contributed by atoms with Crippen LogP contribution in [0.3, 0.4) is 0 Å². The number of benzene rings is 1. The number of nitrogens with zero attached hydrogens (tertiary/aromatic N) is 1. The predicted octanol–water partition coefficient (Wildman–Crippen LogP) is 4.53. The normalized spacial score (nSPS) is 20.4. The Balaban J connectivity index is 1.52. The van der Waals surface area contributed by atoms with Crippen molar-refractivity contribution in [2.75, 3.05) is 13.1 Å². The van der Waals surface area contributed by atoms with E-state index in [4.69, 9.17) is 0 Å². The summed E-state index contributed by atoms with van der Waals surface area (Å²) in [5, 5.41) is 9.34. The molecular formula is C22H31NO3. The number of aromatic carboxylic acids is 1. The third-order valence-corrected chi connectivity index (χ3v) is 6.14. The minimum Gasteiger partial charge on any atom is -0.478 e. The van der Waals surface area contributed by atoms with E-state index in [1.807, 2.05) is 12.1 Å². The molecule has 1 N–H and O–H groups in total. The molecule has 2 fully saturated rings. The van der Waals surface area contributed by atoms with Crippen molar-refractivity contribution in [2.24, 2.45) is 11.8 Å². The fourth-order valence-electron chi connectivity index (χ4n) is 4.54. The van der Waals surface area contributed by atoms with Crippen LogP contribution in [0, 0.1) is 11.8 Å². The van der Waals surface area contributed by atoms with Crippen molar-refractivity contribution in [1.29, 1.82) is 0 Å². The third-order valence-electron chi connectivity index (χ3n) is 6.14. The van der Waals surface area contributed by atoms with Crippen LogP contribution in [0.4, 0.5) is 0 Å². The molecule has 1 aliphatic heterocycles. The molecule has 1 saturated carbocycles. The Morgan fingerprint density at radius 1 is 0.923 bits per heavy atom.